The molecule has 0 amide bonds. The molecule has 13 nitrogen and oxygen atoms in total. The third-order valence-electron chi connectivity index (χ3n) is 13.2. The summed E-state index contributed by atoms with van der Waals surface area (Å²) in [6, 6.07) is 0. The van der Waals surface area contributed by atoms with Crippen LogP contribution in [0, 0.1) is 0 Å². The van der Waals surface area contributed by atoms with Gasteiger partial charge in [0, 0.05) is 13.2 Å². The molecule has 0 aromatic carbocycles. The summed E-state index contributed by atoms with van der Waals surface area (Å²) in [5.41, 5.74) is 0. The van der Waals surface area contributed by atoms with E-state index in [2.05, 4.69) is 13.8 Å². The van der Waals surface area contributed by atoms with Crippen molar-refractivity contribution >= 4 is 0 Å². The van der Waals surface area contributed by atoms with E-state index in [0.717, 1.165) is 32.1 Å². The van der Waals surface area contributed by atoms with Gasteiger partial charge in [-0.2, -0.15) is 0 Å². The highest BCUT2D eigenvalue weighted by molar-refractivity contribution is 4.94. The zero-order valence-corrected chi connectivity index (χ0v) is 40.8. The molecule has 2 heterocycles. The molecule has 64 heavy (non-hydrogen) atoms. The number of hydrogen-bond acceptors (Lipinski definition) is 13. The van der Waals surface area contributed by atoms with E-state index >= 15 is 0 Å². The highest BCUT2D eigenvalue weighted by atomic mass is 16.7. The van der Waals surface area contributed by atoms with Crippen LogP contribution in [0.2, 0.25) is 0 Å². The number of rotatable bonds is 44. The predicted octanol–water partition coefficient (Wildman–Crippen LogP) is 8.55. The van der Waals surface area contributed by atoms with E-state index in [1.165, 1.54) is 173 Å². The highest BCUT2D eigenvalue weighted by Gasteiger charge is 2.51. The highest BCUT2D eigenvalue weighted by Crippen LogP contribution is 2.30. The third kappa shape index (κ3) is 26.9. The molecule has 0 aromatic heterocycles. The average molecular weight is 921 g/mol. The summed E-state index contributed by atoms with van der Waals surface area (Å²) in [6.07, 6.45) is 26.1. The lowest BCUT2D eigenvalue weighted by molar-refractivity contribution is -0.359. The summed E-state index contributed by atoms with van der Waals surface area (Å²) in [7, 11) is 0. The fourth-order valence-electron chi connectivity index (χ4n) is 8.97. The molecule has 0 spiro atoms. The van der Waals surface area contributed by atoms with Gasteiger partial charge in [0.2, 0.25) is 0 Å². The van der Waals surface area contributed by atoms with Gasteiger partial charge in [0.25, 0.3) is 0 Å². The van der Waals surface area contributed by atoms with E-state index in [-0.39, 0.29) is 13.2 Å². The second kappa shape index (κ2) is 40.4. The van der Waals surface area contributed by atoms with Crippen molar-refractivity contribution in [3.05, 3.63) is 0 Å². The maximum absolute atomic E-state index is 11.4. The number of aliphatic hydroxyl groups excluding tert-OH is 7. The summed E-state index contributed by atoms with van der Waals surface area (Å²) >= 11 is 0. The Balaban J connectivity index is 1.74. The van der Waals surface area contributed by atoms with Crippen LogP contribution in [-0.4, -0.2) is 143 Å². The van der Waals surface area contributed by atoms with Gasteiger partial charge in [-0.1, -0.05) is 206 Å². The Labute approximate surface area is 389 Å². The second-order valence-electron chi connectivity index (χ2n) is 19.0. The maximum Gasteiger partial charge on any atom is 0.187 e. The van der Waals surface area contributed by atoms with Gasteiger partial charge in [-0.25, -0.2) is 0 Å². The number of unbranched alkanes of at least 4 members (excludes halogenated alkanes) is 30. The van der Waals surface area contributed by atoms with E-state index in [9.17, 15) is 35.7 Å². The SMILES string of the molecule is CCCCCCCCCCCCCCCCCCOCC(CO[C@@H]1[C@@H](O)[C@H](O[C@H]2O[C@H](CO)[C@@H](O)[C@H](O)[C@H]2O)[C@@H](CO)O[C@H]1O)OCCCCCCCCCCCCCCCCCC. The van der Waals surface area contributed by atoms with Crippen LogP contribution in [-0.2, 0) is 28.4 Å². The molecule has 0 aromatic rings. The molecule has 2 fully saturated rings. The minimum atomic E-state index is -1.73. The lowest BCUT2D eigenvalue weighted by Crippen LogP contribution is -2.65. The van der Waals surface area contributed by atoms with Gasteiger partial charge >= 0.3 is 0 Å². The molecular weight excluding hydrogens is 821 g/mol. The second-order valence-corrected chi connectivity index (χ2v) is 19.0. The summed E-state index contributed by atoms with van der Waals surface area (Å²) in [6.45, 7) is 4.61. The van der Waals surface area contributed by atoms with Gasteiger partial charge in [0.15, 0.2) is 12.6 Å². The van der Waals surface area contributed by atoms with Gasteiger partial charge < -0.3 is 64.2 Å². The third-order valence-corrected chi connectivity index (χ3v) is 13.2. The lowest BCUT2D eigenvalue weighted by Gasteiger charge is -2.46. The Kier molecular flexibility index (Phi) is 37.6. The molecule has 2 saturated heterocycles. The summed E-state index contributed by atoms with van der Waals surface area (Å²) < 4.78 is 35.2. The van der Waals surface area contributed by atoms with Crippen LogP contribution in [0.4, 0.5) is 0 Å². The minimum Gasteiger partial charge on any atom is -0.394 e. The fourth-order valence-corrected chi connectivity index (χ4v) is 8.97. The first-order valence-corrected chi connectivity index (χ1v) is 26.7. The molecule has 0 aliphatic carbocycles. The van der Waals surface area contributed by atoms with E-state index in [4.69, 9.17) is 28.4 Å². The number of hydrogen-bond donors (Lipinski definition) is 7. The van der Waals surface area contributed by atoms with Crippen molar-refractivity contribution in [2.75, 3.05) is 39.6 Å². The maximum atomic E-state index is 11.4. The first kappa shape index (κ1) is 59.6. The van der Waals surface area contributed by atoms with Crippen molar-refractivity contribution in [3.63, 3.8) is 0 Å². The van der Waals surface area contributed by atoms with Gasteiger partial charge in [-0.3, -0.25) is 0 Å². The normalized spacial score (nSPS) is 26.8. The van der Waals surface area contributed by atoms with E-state index in [0.29, 0.717) is 13.2 Å². The van der Waals surface area contributed by atoms with Gasteiger partial charge in [0.1, 0.15) is 54.9 Å². The standard InChI is InChI=1S/C51H100O13/c1-3-5-7-9-11-13-15-17-19-21-23-25-27-29-31-33-35-59-39-41(60-36-34-32-30-28-26-24-22-20-18-16-14-12-10-8-6-4-2)40-61-49-47(57)48(43(38-53)62-50(49)58)64-51-46(56)45(55)44(54)42(37-52)63-51/h41-58H,3-40H2,1-2H3/t41?,42-,43-,44-,45+,46-,47+,48-,49-,50-,51-/m1/s1. The van der Waals surface area contributed by atoms with Crippen molar-refractivity contribution in [1.29, 1.82) is 0 Å². The van der Waals surface area contributed by atoms with Crippen molar-refractivity contribution in [3.8, 4) is 0 Å². The molecular formula is C51H100O13. The van der Waals surface area contributed by atoms with Crippen molar-refractivity contribution in [1.82, 2.24) is 0 Å². The quantitative estimate of drug-likeness (QED) is 0.0288. The van der Waals surface area contributed by atoms with Crippen LogP contribution in [0.5, 0.6) is 0 Å². The predicted molar refractivity (Wildman–Crippen MR) is 252 cm³/mol. The molecule has 13 heteroatoms. The Morgan fingerprint density at radius 1 is 0.406 bits per heavy atom. The topological polar surface area (TPSA) is 197 Å². The zero-order valence-electron chi connectivity index (χ0n) is 40.8. The Bertz CT molecular complexity index is 1010. The van der Waals surface area contributed by atoms with Crippen molar-refractivity contribution in [2.45, 2.75) is 287 Å². The zero-order chi connectivity index (χ0) is 46.5. The van der Waals surface area contributed by atoms with Crippen LogP contribution in [0.25, 0.3) is 0 Å². The van der Waals surface area contributed by atoms with Gasteiger partial charge in [-0.05, 0) is 12.8 Å². The number of ether oxygens (including phenoxy) is 6. The Hall–Kier alpha value is -0.520. The van der Waals surface area contributed by atoms with E-state index in [1.807, 2.05) is 0 Å². The molecule has 2 rings (SSSR count). The largest absolute Gasteiger partial charge is 0.394 e. The molecule has 0 bridgehead atoms. The van der Waals surface area contributed by atoms with Crippen molar-refractivity contribution < 1.29 is 64.2 Å². The molecule has 2 aliphatic heterocycles. The molecule has 0 saturated carbocycles. The van der Waals surface area contributed by atoms with E-state index in [1.54, 1.807) is 0 Å². The Morgan fingerprint density at radius 2 is 0.812 bits per heavy atom. The molecule has 1 unspecified atom stereocenters. The smallest absolute Gasteiger partial charge is 0.187 e. The monoisotopic (exact) mass is 921 g/mol. The van der Waals surface area contributed by atoms with Crippen molar-refractivity contribution in [2.24, 2.45) is 0 Å². The van der Waals surface area contributed by atoms with Crippen LogP contribution in [0.1, 0.15) is 219 Å². The Morgan fingerprint density at radius 3 is 1.23 bits per heavy atom. The molecule has 2 aliphatic rings. The van der Waals surface area contributed by atoms with Gasteiger partial charge in [-0.15, -0.1) is 0 Å². The average Bonchev–Trinajstić information content (AvgIpc) is 3.29. The van der Waals surface area contributed by atoms with E-state index < -0.39 is 80.7 Å². The summed E-state index contributed by atoms with van der Waals surface area (Å²) in [5, 5.41) is 72.8. The van der Waals surface area contributed by atoms with Crippen LogP contribution < -0.4 is 0 Å². The van der Waals surface area contributed by atoms with Crippen LogP contribution >= 0.6 is 0 Å². The minimum absolute atomic E-state index is 0.0173. The fraction of sp³-hybridized carbons (Fsp3) is 1.00. The first-order chi connectivity index (χ1) is 31.3. The molecule has 0 radical (unpaired) electrons. The first-order valence-electron chi connectivity index (χ1n) is 26.7. The molecule has 11 atom stereocenters. The van der Waals surface area contributed by atoms with Gasteiger partial charge in [0.05, 0.1) is 26.4 Å². The lowest BCUT2D eigenvalue weighted by atomic mass is 9.97. The summed E-state index contributed by atoms with van der Waals surface area (Å²) in [4.78, 5) is 0. The molecule has 7 N–H and O–H groups in total. The van der Waals surface area contributed by atoms with Crippen LogP contribution in [0.15, 0.2) is 0 Å². The summed E-state index contributed by atoms with van der Waals surface area (Å²) in [5.74, 6) is 0. The van der Waals surface area contributed by atoms with Crippen LogP contribution in [0.3, 0.4) is 0 Å². The number of aliphatic hydroxyl groups is 7. The molecule has 382 valence electrons.